The molecule has 0 atom stereocenters. The molecule has 7 heteroatoms. The summed E-state index contributed by atoms with van der Waals surface area (Å²) in [4.78, 5) is 4.07. The first-order valence-electron chi connectivity index (χ1n) is 6.01. The van der Waals surface area contributed by atoms with Gasteiger partial charge < -0.3 is 15.7 Å². The number of nitrogens with two attached hydrogens (primary N) is 1. The summed E-state index contributed by atoms with van der Waals surface area (Å²) in [5.74, 6) is 0.705. The highest BCUT2D eigenvalue weighted by atomic mass is 79.9. The number of halogens is 2. The lowest BCUT2D eigenvalue weighted by Crippen LogP contribution is -2.14. The molecule has 0 fully saturated rings. The van der Waals surface area contributed by atoms with E-state index < -0.39 is 0 Å². The molecule has 0 spiro atoms. The molecule has 1 aromatic heterocycles. The van der Waals surface area contributed by atoms with Gasteiger partial charge in [0.2, 0.25) is 5.88 Å². The average molecular weight is 371 g/mol. The van der Waals surface area contributed by atoms with Crippen LogP contribution in [0.5, 0.6) is 11.6 Å². The molecular formula is C14H13BrClN3O2. The van der Waals surface area contributed by atoms with Gasteiger partial charge in [-0.05, 0) is 43.2 Å². The molecule has 0 aliphatic rings. The lowest BCUT2D eigenvalue weighted by molar-refractivity contribution is 0.318. The van der Waals surface area contributed by atoms with E-state index in [4.69, 9.17) is 27.3 Å². The van der Waals surface area contributed by atoms with Crippen LogP contribution in [0, 0.1) is 13.8 Å². The molecule has 0 saturated heterocycles. The summed E-state index contributed by atoms with van der Waals surface area (Å²) in [5.41, 5.74) is 7.98. The number of oxime groups is 1. The highest BCUT2D eigenvalue weighted by Crippen LogP contribution is 2.33. The van der Waals surface area contributed by atoms with Crippen molar-refractivity contribution in [1.82, 2.24) is 4.98 Å². The first-order chi connectivity index (χ1) is 9.93. The smallest absolute Gasteiger partial charge is 0.238 e. The van der Waals surface area contributed by atoms with E-state index in [0.717, 1.165) is 15.6 Å². The van der Waals surface area contributed by atoms with Crippen molar-refractivity contribution in [2.24, 2.45) is 10.9 Å². The highest BCUT2D eigenvalue weighted by Gasteiger charge is 2.14. The molecule has 2 aromatic rings. The average Bonchev–Trinajstić information content (AvgIpc) is 2.46. The SMILES string of the molecule is Cc1cc(Oc2nccc(/C(N)=N/O)c2Cl)cc(C)c1Br. The number of amidine groups is 1. The fraction of sp³-hybridized carbons (Fsp3) is 0.143. The Kier molecular flexibility index (Phi) is 4.69. The van der Waals surface area contributed by atoms with Crippen molar-refractivity contribution in [2.75, 3.05) is 0 Å². The molecule has 5 nitrogen and oxygen atoms in total. The predicted octanol–water partition coefficient (Wildman–Crippen LogP) is 4.00. The highest BCUT2D eigenvalue weighted by molar-refractivity contribution is 9.10. The molecule has 0 aliphatic heterocycles. The number of benzene rings is 1. The topological polar surface area (TPSA) is 80.7 Å². The number of pyridine rings is 1. The van der Waals surface area contributed by atoms with Crippen molar-refractivity contribution in [2.45, 2.75) is 13.8 Å². The Morgan fingerprint density at radius 1 is 1.38 bits per heavy atom. The number of nitrogens with zero attached hydrogens (tertiary/aromatic N) is 2. The first kappa shape index (κ1) is 15.6. The summed E-state index contributed by atoms with van der Waals surface area (Å²) in [6.45, 7) is 3.93. The maximum absolute atomic E-state index is 8.73. The number of hydrogen-bond donors (Lipinski definition) is 2. The van der Waals surface area contributed by atoms with Gasteiger partial charge in [0, 0.05) is 16.2 Å². The quantitative estimate of drug-likeness (QED) is 0.370. The Hall–Kier alpha value is -1.79. The Labute approximate surface area is 135 Å². The number of rotatable bonds is 3. The van der Waals surface area contributed by atoms with Gasteiger partial charge >= 0.3 is 0 Å². The van der Waals surface area contributed by atoms with Gasteiger partial charge in [-0.3, -0.25) is 0 Å². The summed E-state index contributed by atoms with van der Waals surface area (Å²) in [6, 6.07) is 5.28. The second kappa shape index (κ2) is 6.32. The third-order valence-electron chi connectivity index (χ3n) is 2.87. The van der Waals surface area contributed by atoms with Crippen molar-refractivity contribution in [3.05, 3.63) is 50.6 Å². The molecule has 1 heterocycles. The van der Waals surface area contributed by atoms with Gasteiger partial charge in [-0.2, -0.15) is 0 Å². The molecule has 2 rings (SSSR count). The first-order valence-corrected chi connectivity index (χ1v) is 7.18. The lowest BCUT2D eigenvalue weighted by atomic mass is 10.1. The third-order valence-corrected chi connectivity index (χ3v) is 4.48. The molecule has 21 heavy (non-hydrogen) atoms. The maximum Gasteiger partial charge on any atom is 0.238 e. The minimum atomic E-state index is -0.101. The zero-order valence-corrected chi connectivity index (χ0v) is 13.7. The zero-order chi connectivity index (χ0) is 15.6. The van der Waals surface area contributed by atoms with Crippen molar-refractivity contribution in [3.63, 3.8) is 0 Å². The summed E-state index contributed by atoms with van der Waals surface area (Å²) < 4.78 is 6.73. The van der Waals surface area contributed by atoms with Crippen LogP contribution in [0.4, 0.5) is 0 Å². The molecule has 0 bridgehead atoms. The summed E-state index contributed by atoms with van der Waals surface area (Å²) in [5, 5.41) is 11.8. The largest absolute Gasteiger partial charge is 0.437 e. The Morgan fingerprint density at radius 2 is 2.00 bits per heavy atom. The Bertz CT molecular complexity index is 696. The van der Waals surface area contributed by atoms with Gasteiger partial charge in [-0.25, -0.2) is 4.98 Å². The van der Waals surface area contributed by atoms with Crippen molar-refractivity contribution in [3.8, 4) is 11.6 Å². The van der Waals surface area contributed by atoms with Crippen LogP contribution in [-0.4, -0.2) is 16.0 Å². The Balaban J connectivity index is 2.41. The van der Waals surface area contributed by atoms with Crippen LogP contribution in [0.1, 0.15) is 16.7 Å². The molecule has 110 valence electrons. The van der Waals surface area contributed by atoms with Crippen molar-refractivity contribution < 1.29 is 9.94 Å². The van der Waals surface area contributed by atoms with E-state index in [9.17, 15) is 0 Å². The van der Waals surface area contributed by atoms with Gasteiger partial charge in [0.25, 0.3) is 0 Å². The molecule has 0 radical (unpaired) electrons. The zero-order valence-electron chi connectivity index (χ0n) is 11.4. The van der Waals surface area contributed by atoms with Crippen LogP contribution < -0.4 is 10.5 Å². The van der Waals surface area contributed by atoms with E-state index in [0.29, 0.717) is 11.3 Å². The van der Waals surface area contributed by atoms with Gasteiger partial charge in [-0.1, -0.05) is 32.7 Å². The van der Waals surface area contributed by atoms with Crippen molar-refractivity contribution >= 4 is 33.4 Å². The van der Waals surface area contributed by atoms with Crippen LogP contribution in [0.2, 0.25) is 5.02 Å². The van der Waals surface area contributed by atoms with E-state index in [1.807, 2.05) is 26.0 Å². The van der Waals surface area contributed by atoms with Crippen LogP contribution in [-0.2, 0) is 0 Å². The predicted molar refractivity (Wildman–Crippen MR) is 85.4 cm³/mol. The monoisotopic (exact) mass is 369 g/mol. The van der Waals surface area contributed by atoms with E-state index in [1.165, 1.54) is 6.20 Å². The number of hydrogen-bond acceptors (Lipinski definition) is 4. The molecule has 0 saturated carbocycles. The van der Waals surface area contributed by atoms with Gasteiger partial charge in [-0.15, -0.1) is 0 Å². The van der Waals surface area contributed by atoms with Crippen LogP contribution in [0.15, 0.2) is 34.0 Å². The maximum atomic E-state index is 8.73. The van der Waals surface area contributed by atoms with E-state index in [2.05, 4.69) is 26.1 Å². The fourth-order valence-corrected chi connectivity index (χ4v) is 2.30. The van der Waals surface area contributed by atoms with E-state index in [-0.39, 0.29) is 16.7 Å². The second-order valence-corrected chi connectivity index (χ2v) is 5.61. The van der Waals surface area contributed by atoms with Gasteiger partial charge in [0.1, 0.15) is 10.8 Å². The third kappa shape index (κ3) is 3.28. The van der Waals surface area contributed by atoms with Gasteiger partial charge in [0.05, 0.1) is 0 Å². The van der Waals surface area contributed by atoms with Crippen LogP contribution >= 0.6 is 27.5 Å². The lowest BCUT2D eigenvalue weighted by Gasteiger charge is -2.11. The standard InChI is InChI=1S/C14H13BrClN3O2/c1-7-5-9(6-8(2)11(7)15)21-14-12(16)10(3-4-18-14)13(17)19-20/h3-6,20H,1-2H3,(H2,17,19). The normalized spacial score (nSPS) is 11.5. The number of aryl methyl sites for hydroxylation is 2. The molecular weight excluding hydrogens is 358 g/mol. The summed E-state index contributed by atoms with van der Waals surface area (Å²) >= 11 is 9.67. The van der Waals surface area contributed by atoms with Gasteiger partial charge in [0.15, 0.2) is 5.84 Å². The van der Waals surface area contributed by atoms with Crippen LogP contribution in [0.25, 0.3) is 0 Å². The molecule has 0 unspecified atom stereocenters. The molecule has 0 aliphatic carbocycles. The number of ether oxygens (including phenoxy) is 1. The second-order valence-electron chi connectivity index (χ2n) is 4.44. The molecule has 1 aromatic carbocycles. The molecule has 0 amide bonds. The Morgan fingerprint density at radius 3 is 2.57 bits per heavy atom. The minimum Gasteiger partial charge on any atom is -0.437 e. The van der Waals surface area contributed by atoms with Crippen LogP contribution in [0.3, 0.4) is 0 Å². The fourth-order valence-electron chi connectivity index (χ4n) is 1.82. The summed E-state index contributed by atoms with van der Waals surface area (Å²) in [7, 11) is 0. The number of aromatic nitrogens is 1. The summed E-state index contributed by atoms with van der Waals surface area (Å²) in [6.07, 6.45) is 1.48. The van der Waals surface area contributed by atoms with E-state index >= 15 is 0 Å². The van der Waals surface area contributed by atoms with Crippen molar-refractivity contribution in [1.29, 1.82) is 0 Å². The molecule has 3 N–H and O–H groups in total. The minimum absolute atomic E-state index is 0.101. The van der Waals surface area contributed by atoms with E-state index in [1.54, 1.807) is 6.07 Å².